The van der Waals surface area contributed by atoms with Crippen LogP contribution in [0, 0.1) is 0 Å². The van der Waals surface area contributed by atoms with Crippen molar-refractivity contribution in [1.82, 2.24) is 10.3 Å². The molecule has 16 heavy (non-hydrogen) atoms. The Hall–Kier alpha value is -0.810. The van der Waals surface area contributed by atoms with E-state index in [-0.39, 0.29) is 0 Å². The SMILES string of the molecule is CC(CC(F)(F)F)NCc1ccc(Cl)cn1. The zero-order valence-electron chi connectivity index (χ0n) is 8.68. The molecule has 1 heterocycles. The summed E-state index contributed by atoms with van der Waals surface area (Å²) < 4.78 is 36.0. The summed E-state index contributed by atoms with van der Waals surface area (Å²) >= 11 is 5.63. The van der Waals surface area contributed by atoms with Gasteiger partial charge in [0.15, 0.2) is 0 Å². The molecule has 90 valence electrons. The van der Waals surface area contributed by atoms with Crippen LogP contribution < -0.4 is 5.32 Å². The summed E-state index contributed by atoms with van der Waals surface area (Å²) in [4.78, 5) is 3.97. The predicted molar refractivity (Wildman–Crippen MR) is 56.2 cm³/mol. The largest absolute Gasteiger partial charge is 0.390 e. The van der Waals surface area contributed by atoms with Gasteiger partial charge in [-0.15, -0.1) is 0 Å². The van der Waals surface area contributed by atoms with E-state index in [9.17, 15) is 13.2 Å². The van der Waals surface area contributed by atoms with E-state index >= 15 is 0 Å². The van der Waals surface area contributed by atoms with Gasteiger partial charge in [0.05, 0.1) is 17.1 Å². The number of alkyl halides is 3. The minimum Gasteiger partial charge on any atom is -0.308 e. The zero-order chi connectivity index (χ0) is 12.2. The van der Waals surface area contributed by atoms with Crippen molar-refractivity contribution in [3.8, 4) is 0 Å². The van der Waals surface area contributed by atoms with Crippen molar-refractivity contribution in [3.05, 3.63) is 29.0 Å². The van der Waals surface area contributed by atoms with Crippen LogP contribution >= 0.6 is 11.6 Å². The maximum absolute atomic E-state index is 12.0. The number of hydrogen-bond acceptors (Lipinski definition) is 2. The van der Waals surface area contributed by atoms with Gasteiger partial charge in [0.1, 0.15) is 0 Å². The van der Waals surface area contributed by atoms with E-state index in [4.69, 9.17) is 11.6 Å². The maximum Gasteiger partial charge on any atom is 0.390 e. The standard InChI is InChI=1S/C10H12ClF3N2/c1-7(4-10(12,13)14)15-6-9-3-2-8(11)5-16-9/h2-3,5,7,15H,4,6H2,1H3. The molecular formula is C10H12ClF3N2. The van der Waals surface area contributed by atoms with E-state index in [0.717, 1.165) is 0 Å². The molecule has 6 heteroatoms. The lowest BCUT2D eigenvalue weighted by atomic mass is 10.2. The normalized spacial score (nSPS) is 13.8. The molecule has 0 radical (unpaired) electrons. The first kappa shape index (κ1) is 13.3. The quantitative estimate of drug-likeness (QED) is 0.890. The highest BCUT2D eigenvalue weighted by Gasteiger charge is 2.29. The topological polar surface area (TPSA) is 24.9 Å². The average Bonchev–Trinajstić information content (AvgIpc) is 2.14. The van der Waals surface area contributed by atoms with Gasteiger partial charge in [0.25, 0.3) is 0 Å². The molecule has 1 atom stereocenters. The van der Waals surface area contributed by atoms with Gasteiger partial charge in [0.2, 0.25) is 0 Å². The fraction of sp³-hybridized carbons (Fsp3) is 0.500. The summed E-state index contributed by atoms with van der Waals surface area (Å²) in [6, 6.07) is 2.70. The number of halogens is 4. The average molecular weight is 253 g/mol. The highest BCUT2D eigenvalue weighted by molar-refractivity contribution is 6.30. The number of pyridine rings is 1. The Kier molecular flexibility index (Phi) is 4.56. The third-order valence-electron chi connectivity index (χ3n) is 1.96. The monoisotopic (exact) mass is 252 g/mol. The molecule has 1 aromatic rings. The van der Waals surface area contributed by atoms with E-state index in [1.807, 2.05) is 0 Å². The molecule has 0 aromatic carbocycles. The lowest BCUT2D eigenvalue weighted by Crippen LogP contribution is -2.30. The summed E-state index contributed by atoms with van der Waals surface area (Å²) in [6.45, 7) is 1.79. The van der Waals surface area contributed by atoms with Crippen LogP contribution in [0.1, 0.15) is 19.0 Å². The van der Waals surface area contributed by atoms with Crippen molar-refractivity contribution in [2.24, 2.45) is 0 Å². The summed E-state index contributed by atoms with van der Waals surface area (Å²) in [6.07, 6.45) is -3.52. The molecule has 0 spiro atoms. The van der Waals surface area contributed by atoms with E-state index in [2.05, 4.69) is 10.3 Å². The molecule has 0 bridgehead atoms. The molecule has 0 saturated heterocycles. The lowest BCUT2D eigenvalue weighted by molar-refractivity contribution is -0.139. The fourth-order valence-corrected chi connectivity index (χ4v) is 1.32. The molecule has 0 fully saturated rings. The van der Waals surface area contributed by atoms with Crippen LogP contribution in [0.2, 0.25) is 5.02 Å². The van der Waals surface area contributed by atoms with Crippen LogP contribution in [0.25, 0.3) is 0 Å². The van der Waals surface area contributed by atoms with Gasteiger partial charge < -0.3 is 5.32 Å². The molecular weight excluding hydrogens is 241 g/mol. The van der Waals surface area contributed by atoms with Crippen LogP contribution in [0.15, 0.2) is 18.3 Å². The van der Waals surface area contributed by atoms with Crippen molar-refractivity contribution in [1.29, 1.82) is 0 Å². The van der Waals surface area contributed by atoms with Gasteiger partial charge in [-0.25, -0.2) is 0 Å². The van der Waals surface area contributed by atoms with Crippen LogP contribution in [-0.2, 0) is 6.54 Å². The van der Waals surface area contributed by atoms with Crippen LogP contribution in [-0.4, -0.2) is 17.2 Å². The van der Waals surface area contributed by atoms with E-state index in [1.165, 1.54) is 13.1 Å². The summed E-state index contributed by atoms with van der Waals surface area (Å²) in [7, 11) is 0. The molecule has 1 N–H and O–H groups in total. The molecule has 1 unspecified atom stereocenters. The smallest absolute Gasteiger partial charge is 0.308 e. The second-order valence-corrected chi connectivity index (χ2v) is 4.01. The predicted octanol–water partition coefficient (Wildman–Crippen LogP) is 3.17. The second kappa shape index (κ2) is 5.50. The van der Waals surface area contributed by atoms with Crippen molar-refractivity contribution < 1.29 is 13.2 Å². The van der Waals surface area contributed by atoms with Gasteiger partial charge in [0, 0.05) is 18.8 Å². The molecule has 2 nitrogen and oxygen atoms in total. The number of nitrogens with one attached hydrogen (secondary N) is 1. The Balaban J connectivity index is 2.37. The van der Waals surface area contributed by atoms with Gasteiger partial charge in [-0.05, 0) is 19.1 Å². The van der Waals surface area contributed by atoms with Gasteiger partial charge in [-0.3, -0.25) is 4.98 Å². The van der Waals surface area contributed by atoms with Gasteiger partial charge >= 0.3 is 6.18 Å². The van der Waals surface area contributed by atoms with Crippen LogP contribution in [0.4, 0.5) is 13.2 Å². The molecule has 1 aromatic heterocycles. The Morgan fingerprint density at radius 3 is 2.62 bits per heavy atom. The first-order chi connectivity index (χ1) is 7.37. The third-order valence-corrected chi connectivity index (χ3v) is 2.18. The Labute approximate surface area is 96.8 Å². The molecule has 1 rings (SSSR count). The van der Waals surface area contributed by atoms with Crippen molar-refractivity contribution in [2.75, 3.05) is 0 Å². The molecule has 0 amide bonds. The summed E-state index contributed by atoms with van der Waals surface area (Å²) in [5.41, 5.74) is 0.665. The number of rotatable bonds is 4. The molecule has 0 saturated carbocycles. The second-order valence-electron chi connectivity index (χ2n) is 3.57. The molecule has 0 aliphatic heterocycles. The Bertz CT molecular complexity index is 324. The van der Waals surface area contributed by atoms with Crippen LogP contribution in [0.3, 0.4) is 0 Å². The van der Waals surface area contributed by atoms with Gasteiger partial charge in [-0.1, -0.05) is 11.6 Å². The van der Waals surface area contributed by atoms with E-state index in [1.54, 1.807) is 12.1 Å². The molecule has 0 aliphatic carbocycles. The fourth-order valence-electron chi connectivity index (χ4n) is 1.21. The van der Waals surface area contributed by atoms with Crippen molar-refractivity contribution in [3.63, 3.8) is 0 Å². The number of aromatic nitrogens is 1. The number of hydrogen-bond donors (Lipinski definition) is 1. The third kappa shape index (κ3) is 5.32. The lowest BCUT2D eigenvalue weighted by Gasteiger charge is -2.15. The maximum atomic E-state index is 12.0. The molecule has 0 aliphatic rings. The Morgan fingerprint density at radius 2 is 2.12 bits per heavy atom. The number of nitrogens with zero attached hydrogens (tertiary/aromatic N) is 1. The minimum atomic E-state index is -4.14. The summed E-state index contributed by atoms with van der Waals surface area (Å²) in [5, 5.41) is 3.26. The Morgan fingerprint density at radius 1 is 1.44 bits per heavy atom. The van der Waals surface area contributed by atoms with E-state index in [0.29, 0.717) is 17.3 Å². The van der Waals surface area contributed by atoms with Crippen LogP contribution in [0.5, 0.6) is 0 Å². The van der Waals surface area contributed by atoms with Crippen molar-refractivity contribution in [2.45, 2.75) is 32.1 Å². The minimum absolute atomic E-state index is 0.300. The van der Waals surface area contributed by atoms with Gasteiger partial charge in [-0.2, -0.15) is 13.2 Å². The van der Waals surface area contributed by atoms with E-state index < -0.39 is 18.6 Å². The highest BCUT2D eigenvalue weighted by Crippen LogP contribution is 2.21. The first-order valence-electron chi connectivity index (χ1n) is 4.77. The zero-order valence-corrected chi connectivity index (χ0v) is 9.44. The summed E-state index contributed by atoms with van der Waals surface area (Å²) in [5.74, 6) is 0. The highest BCUT2D eigenvalue weighted by atomic mass is 35.5. The first-order valence-corrected chi connectivity index (χ1v) is 5.15. The van der Waals surface area contributed by atoms with Crippen molar-refractivity contribution >= 4 is 11.6 Å².